The topological polar surface area (TPSA) is 170 Å². The van der Waals surface area contributed by atoms with Gasteiger partial charge in [0.15, 0.2) is 0 Å². The number of nitrogens with zero attached hydrogens (tertiary/aromatic N) is 7. The number of hydrogen-bond acceptors (Lipinski definition) is 12. The maximum absolute atomic E-state index is 16.3. The summed E-state index contributed by atoms with van der Waals surface area (Å²) in [5.41, 5.74) is 0.759. The van der Waals surface area contributed by atoms with Gasteiger partial charge in [-0.25, -0.2) is 32.9 Å². The van der Waals surface area contributed by atoms with Gasteiger partial charge < -0.3 is 24.2 Å². The van der Waals surface area contributed by atoms with Crippen LogP contribution in [-0.4, -0.2) is 94.4 Å². The fourth-order valence-corrected chi connectivity index (χ4v) is 9.99. The second kappa shape index (κ2) is 15.1. The number of carbonyl (C=O) groups is 2. The molecule has 1 N–H and O–H groups in total. The van der Waals surface area contributed by atoms with E-state index in [9.17, 15) is 24.1 Å². The molecule has 2 fully saturated rings. The standard InChI is InChI=1S/C41H47FN7O9P/c1-40(2,3)57-59(54,58-41(4,5)6)56-21-55-39(53)48(10)30-15-28(42)34(43-7)32-24(30)14-29-33(32)35(49-12-11-22-18-46(8)20-31(22)49)26(17-44-29)23-13-25-36(50)27(38(51)52)19-47(9)37(25)45-16-23/h13,15-17,19,22,31H,11-12,14,18,20-21H2,1-6,8-10H3,(H,51,52)/t22-,31+/m0/s1. The molecule has 0 saturated carbocycles. The monoisotopic (exact) mass is 831 g/mol. The normalized spacial score (nSPS) is 17.8. The summed E-state index contributed by atoms with van der Waals surface area (Å²) in [4.78, 5) is 57.8. The fraction of sp³-hybridized carbons (Fsp3) is 0.463. The Morgan fingerprint density at radius 2 is 1.76 bits per heavy atom. The predicted molar refractivity (Wildman–Crippen MR) is 218 cm³/mol. The molecule has 7 rings (SSSR count). The largest absolute Gasteiger partial charge is 0.478 e. The lowest BCUT2D eigenvalue weighted by molar-refractivity contribution is -0.0275. The van der Waals surface area contributed by atoms with Gasteiger partial charge in [-0.3, -0.25) is 23.7 Å². The van der Waals surface area contributed by atoms with Gasteiger partial charge in [-0.2, -0.15) is 0 Å². The zero-order valence-corrected chi connectivity index (χ0v) is 35.3. The number of phosphoric ester groups is 1. The highest BCUT2D eigenvalue weighted by Gasteiger charge is 2.44. The Hall–Kier alpha value is -5.24. The Morgan fingerprint density at radius 1 is 1.07 bits per heavy atom. The van der Waals surface area contributed by atoms with E-state index in [1.165, 1.54) is 17.8 Å². The average Bonchev–Trinajstić information content (AvgIpc) is 3.82. The number of halogens is 1. The zero-order valence-electron chi connectivity index (χ0n) is 34.5. The summed E-state index contributed by atoms with van der Waals surface area (Å²) < 4.78 is 53.3. The van der Waals surface area contributed by atoms with E-state index in [0.29, 0.717) is 46.1 Å². The number of benzene rings is 1. The van der Waals surface area contributed by atoms with E-state index in [-0.39, 0.29) is 40.4 Å². The van der Waals surface area contributed by atoms with Crippen molar-refractivity contribution in [1.29, 1.82) is 0 Å². The number of phosphoric acid groups is 1. The van der Waals surface area contributed by atoms with Gasteiger partial charge in [-0.15, -0.1) is 0 Å². The Morgan fingerprint density at radius 3 is 2.41 bits per heavy atom. The minimum absolute atomic E-state index is 0.0665. The summed E-state index contributed by atoms with van der Waals surface area (Å²) in [5, 5.41) is 9.88. The lowest BCUT2D eigenvalue weighted by atomic mass is 9.95. The number of aromatic carboxylic acids is 1. The third kappa shape index (κ3) is 7.95. The lowest BCUT2D eigenvalue weighted by Crippen LogP contribution is -2.35. The number of aromatic nitrogens is 3. The number of carboxylic acid groups (broad SMARTS) is 1. The van der Waals surface area contributed by atoms with E-state index < -0.39 is 54.7 Å². The first-order valence-electron chi connectivity index (χ1n) is 19.1. The van der Waals surface area contributed by atoms with E-state index in [2.05, 4.69) is 26.7 Å². The van der Waals surface area contributed by atoms with Crippen LogP contribution in [0.2, 0.25) is 0 Å². The summed E-state index contributed by atoms with van der Waals surface area (Å²) in [5.74, 6) is -1.90. The molecule has 3 aromatic heterocycles. The fourth-order valence-electron chi connectivity index (χ4n) is 8.33. The number of amides is 1. The molecular weight excluding hydrogens is 784 g/mol. The Balaban J connectivity index is 1.33. The van der Waals surface area contributed by atoms with Gasteiger partial charge in [-0.05, 0) is 78.6 Å². The molecule has 1 amide bonds. The van der Waals surface area contributed by atoms with Crippen molar-refractivity contribution in [2.24, 2.45) is 13.0 Å². The zero-order chi connectivity index (χ0) is 42.9. The summed E-state index contributed by atoms with van der Waals surface area (Å²) in [6.45, 7) is 19.6. The summed E-state index contributed by atoms with van der Waals surface area (Å²) in [6, 6.07) is 2.78. The lowest BCUT2D eigenvalue weighted by Gasteiger charge is -2.31. The summed E-state index contributed by atoms with van der Waals surface area (Å²) in [7, 11) is 0.826. The average molecular weight is 832 g/mol. The SMILES string of the molecule is [C-]#[N+]c1c(F)cc(N(C)C(=O)OCOP(=O)(OC(C)(C)C)OC(C)(C)C)c2c1-c1c(ncc(-c3cnc4c(c3)c(=O)c(C(=O)O)cn4C)c1N1CC[C@H]3CN(C)C[C@H]31)C2. The van der Waals surface area contributed by atoms with Crippen molar-refractivity contribution >= 4 is 48.0 Å². The van der Waals surface area contributed by atoms with E-state index >= 15 is 4.39 Å². The van der Waals surface area contributed by atoms with E-state index in [0.717, 1.165) is 30.5 Å². The molecule has 0 spiro atoms. The van der Waals surface area contributed by atoms with Crippen molar-refractivity contribution in [3.8, 4) is 22.3 Å². The van der Waals surface area contributed by atoms with E-state index in [1.807, 2.05) is 0 Å². The number of carboxylic acids is 1. The second-order valence-electron chi connectivity index (χ2n) is 17.2. The number of hydrogen-bond donors (Lipinski definition) is 1. The minimum Gasteiger partial charge on any atom is -0.477 e. The van der Waals surface area contributed by atoms with Crippen LogP contribution in [0.25, 0.3) is 38.1 Å². The summed E-state index contributed by atoms with van der Waals surface area (Å²) in [6.07, 6.45) is 4.55. The quantitative estimate of drug-likeness (QED) is 0.0888. The molecule has 1 aromatic carbocycles. The molecule has 2 aliphatic heterocycles. The molecule has 0 bridgehead atoms. The Bertz CT molecular complexity index is 2540. The van der Waals surface area contributed by atoms with Crippen LogP contribution in [0.5, 0.6) is 0 Å². The van der Waals surface area contributed by atoms with Gasteiger partial charge in [0.05, 0.1) is 40.2 Å². The van der Waals surface area contributed by atoms with Crippen LogP contribution >= 0.6 is 7.82 Å². The maximum atomic E-state index is 16.3. The van der Waals surface area contributed by atoms with Crippen molar-refractivity contribution in [3.05, 3.63) is 75.0 Å². The van der Waals surface area contributed by atoms with Crippen LogP contribution in [0.1, 0.15) is 69.6 Å². The number of likely N-dealkylation sites (tertiary alicyclic amines) is 1. The van der Waals surface area contributed by atoms with Gasteiger partial charge in [0, 0.05) is 87.0 Å². The van der Waals surface area contributed by atoms with Crippen LogP contribution in [0.3, 0.4) is 0 Å². The van der Waals surface area contributed by atoms with E-state index in [4.69, 9.17) is 29.9 Å². The van der Waals surface area contributed by atoms with E-state index in [1.54, 1.807) is 67.1 Å². The smallest absolute Gasteiger partial charge is 0.477 e. The van der Waals surface area contributed by atoms with Gasteiger partial charge >= 0.3 is 19.9 Å². The second-order valence-corrected chi connectivity index (χ2v) is 18.7. The minimum atomic E-state index is -4.23. The first-order chi connectivity index (χ1) is 27.6. The van der Waals surface area contributed by atoms with Crippen molar-refractivity contribution in [2.45, 2.75) is 71.6 Å². The number of fused-ring (bicyclic) bond motifs is 5. The number of aryl methyl sites for hydroxylation is 1. The molecule has 5 heterocycles. The molecule has 18 heteroatoms. The third-order valence-corrected chi connectivity index (χ3v) is 12.5. The van der Waals surface area contributed by atoms with Crippen molar-refractivity contribution in [2.75, 3.05) is 50.3 Å². The molecular formula is C41H47FN7O9P. The molecule has 312 valence electrons. The Kier molecular flexibility index (Phi) is 10.7. The van der Waals surface area contributed by atoms with Crippen molar-refractivity contribution in [3.63, 3.8) is 0 Å². The molecule has 59 heavy (non-hydrogen) atoms. The van der Waals surface area contributed by atoms with Crippen LogP contribution < -0.4 is 15.2 Å². The number of anilines is 2. The van der Waals surface area contributed by atoms with Crippen LogP contribution in [0, 0.1) is 18.3 Å². The molecule has 16 nitrogen and oxygen atoms in total. The van der Waals surface area contributed by atoms with Crippen LogP contribution in [0.4, 0.5) is 26.2 Å². The molecule has 0 unspecified atom stereocenters. The van der Waals surface area contributed by atoms with Crippen molar-refractivity contribution < 1.29 is 42.0 Å². The van der Waals surface area contributed by atoms with Crippen LogP contribution in [0.15, 0.2) is 35.5 Å². The number of rotatable bonds is 9. The number of ether oxygens (including phenoxy) is 1. The first-order valence-corrected chi connectivity index (χ1v) is 20.6. The first kappa shape index (κ1) is 41.9. The molecule has 2 atom stereocenters. The molecule has 2 saturated heterocycles. The maximum Gasteiger partial charge on any atom is 0.478 e. The number of pyridine rings is 3. The molecule has 1 aliphatic carbocycles. The third-order valence-electron chi connectivity index (χ3n) is 10.5. The number of carbonyl (C=O) groups excluding carboxylic acids is 1. The number of likely N-dealkylation sites (N-methyl/N-ethyl adjacent to an activating group) is 1. The highest BCUT2D eigenvalue weighted by atomic mass is 31.2. The van der Waals surface area contributed by atoms with Crippen molar-refractivity contribution in [1.82, 2.24) is 19.4 Å². The summed E-state index contributed by atoms with van der Waals surface area (Å²) >= 11 is 0. The molecule has 3 aliphatic rings. The van der Waals surface area contributed by atoms with Crippen LogP contribution in [-0.2, 0) is 36.3 Å². The highest BCUT2D eigenvalue weighted by Crippen LogP contribution is 2.56. The van der Waals surface area contributed by atoms with Gasteiger partial charge in [0.2, 0.25) is 17.9 Å². The Labute approximate surface area is 340 Å². The van der Waals surface area contributed by atoms with Gasteiger partial charge in [-0.1, -0.05) is 0 Å². The predicted octanol–water partition coefficient (Wildman–Crippen LogP) is 7.38. The molecule has 0 radical (unpaired) electrons. The van der Waals surface area contributed by atoms with Gasteiger partial charge in [0.1, 0.15) is 17.0 Å². The molecule has 4 aromatic rings. The highest BCUT2D eigenvalue weighted by molar-refractivity contribution is 7.48. The van der Waals surface area contributed by atoms with Gasteiger partial charge in [0.25, 0.3) is 0 Å².